The summed E-state index contributed by atoms with van der Waals surface area (Å²) in [5.41, 5.74) is 0. The van der Waals surface area contributed by atoms with Gasteiger partial charge in [0.15, 0.2) is 12.5 Å². The van der Waals surface area contributed by atoms with Crippen molar-refractivity contribution in [2.75, 3.05) is 13.2 Å². The van der Waals surface area contributed by atoms with Crippen LogP contribution in [0.3, 0.4) is 0 Å². The Hall–Kier alpha value is -1.84. The fourth-order valence-electron chi connectivity index (χ4n) is 2.36. The topological polar surface area (TPSA) is 124 Å². The van der Waals surface area contributed by atoms with Gasteiger partial charge in [-0.05, 0) is 0 Å². The molecule has 2 aliphatic heterocycles. The fraction of sp³-hybridized carbons (Fsp3) is 0.667. The molecule has 21 heavy (non-hydrogen) atoms. The van der Waals surface area contributed by atoms with Gasteiger partial charge in [0.1, 0.15) is 0 Å². The largest absolute Gasteiger partial charge is 0.394 e. The molecule has 9 heteroatoms. The van der Waals surface area contributed by atoms with E-state index in [1.807, 2.05) is 0 Å². The number of likely N-dealkylation sites (tertiary alicyclic amines) is 2. The van der Waals surface area contributed by atoms with Gasteiger partial charge in [-0.3, -0.25) is 29.0 Å². The van der Waals surface area contributed by atoms with Gasteiger partial charge in [-0.25, -0.2) is 0 Å². The number of hydrogen-bond acceptors (Lipinski definition) is 7. The first kappa shape index (κ1) is 15.5. The number of carbonyl (C=O) groups is 4. The van der Waals surface area contributed by atoms with E-state index in [4.69, 9.17) is 9.84 Å². The quantitative estimate of drug-likeness (QED) is 0.540. The van der Waals surface area contributed by atoms with E-state index in [1.54, 1.807) is 0 Å². The lowest BCUT2D eigenvalue weighted by molar-refractivity contribution is -0.192. The molecule has 2 N–H and O–H groups in total. The highest BCUT2D eigenvalue weighted by molar-refractivity contribution is 6.03. The zero-order chi connectivity index (χ0) is 15.6. The second kappa shape index (κ2) is 6.29. The molecule has 2 rings (SSSR count). The Labute approximate surface area is 120 Å². The first-order valence-electron chi connectivity index (χ1n) is 6.57. The number of ether oxygens (including phenoxy) is 1. The zero-order valence-corrected chi connectivity index (χ0v) is 11.2. The normalized spacial score (nSPS) is 22.4. The van der Waals surface area contributed by atoms with Gasteiger partial charge in [0.25, 0.3) is 0 Å². The Morgan fingerprint density at radius 3 is 1.76 bits per heavy atom. The molecular weight excluding hydrogens is 284 g/mol. The lowest BCUT2D eigenvalue weighted by Crippen LogP contribution is -2.56. The molecule has 2 unspecified atom stereocenters. The smallest absolute Gasteiger partial charge is 0.231 e. The summed E-state index contributed by atoms with van der Waals surface area (Å²) < 4.78 is 5.13. The van der Waals surface area contributed by atoms with Crippen LogP contribution >= 0.6 is 0 Å². The van der Waals surface area contributed by atoms with Gasteiger partial charge in [-0.2, -0.15) is 0 Å². The molecule has 0 aromatic heterocycles. The van der Waals surface area contributed by atoms with Crippen LogP contribution < -0.4 is 0 Å². The van der Waals surface area contributed by atoms with Crippen LogP contribution in [0.5, 0.6) is 0 Å². The van der Waals surface area contributed by atoms with Crippen molar-refractivity contribution >= 4 is 23.6 Å². The molecule has 2 heterocycles. The number of imide groups is 2. The van der Waals surface area contributed by atoms with Gasteiger partial charge in [0.2, 0.25) is 23.6 Å². The monoisotopic (exact) mass is 300 g/mol. The van der Waals surface area contributed by atoms with Crippen molar-refractivity contribution in [1.82, 2.24) is 9.80 Å². The van der Waals surface area contributed by atoms with Crippen LogP contribution in [0.2, 0.25) is 0 Å². The molecule has 0 aromatic carbocycles. The van der Waals surface area contributed by atoms with Crippen LogP contribution in [0.4, 0.5) is 0 Å². The fourth-order valence-corrected chi connectivity index (χ4v) is 2.36. The van der Waals surface area contributed by atoms with Crippen molar-refractivity contribution in [3.05, 3.63) is 0 Å². The van der Waals surface area contributed by atoms with Crippen molar-refractivity contribution < 1.29 is 34.1 Å². The van der Waals surface area contributed by atoms with Crippen molar-refractivity contribution in [2.24, 2.45) is 0 Å². The van der Waals surface area contributed by atoms with E-state index in [9.17, 15) is 24.3 Å². The van der Waals surface area contributed by atoms with Crippen LogP contribution in [0.15, 0.2) is 0 Å². The van der Waals surface area contributed by atoms with Crippen molar-refractivity contribution in [2.45, 2.75) is 38.1 Å². The van der Waals surface area contributed by atoms with Gasteiger partial charge < -0.3 is 14.9 Å². The Kier molecular flexibility index (Phi) is 4.66. The molecule has 0 saturated carbocycles. The first-order valence-corrected chi connectivity index (χ1v) is 6.57. The average Bonchev–Trinajstić information content (AvgIpc) is 2.94. The van der Waals surface area contributed by atoms with Gasteiger partial charge >= 0.3 is 0 Å². The summed E-state index contributed by atoms with van der Waals surface area (Å²) in [6.45, 7) is -0.656. The van der Waals surface area contributed by atoms with Crippen LogP contribution in [0.25, 0.3) is 0 Å². The highest BCUT2D eigenvalue weighted by atomic mass is 16.5. The molecule has 116 valence electrons. The molecule has 9 nitrogen and oxygen atoms in total. The van der Waals surface area contributed by atoms with E-state index >= 15 is 0 Å². The summed E-state index contributed by atoms with van der Waals surface area (Å²) in [5, 5.41) is 19.0. The Bertz CT molecular complexity index is 446. The third-order valence-electron chi connectivity index (χ3n) is 3.33. The summed E-state index contributed by atoms with van der Waals surface area (Å²) in [7, 11) is 0. The van der Waals surface area contributed by atoms with E-state index in [1.165, 1.54) is 0 Å². The molecule has 2 atom stereocenters. The van der Waals surface area contributed by atoms with Crippen LogP contribution in [0, 0.1) is 0 Å². The third kappa shape index (κ3) is 2.94. The minimum atomic E-state index is -1.77. The number of carbonyl (C=O) groups excluding carboxylic acids is 4. The van der Waals surface area contributed by atoms with Crippen LogP contribution in [0.1, 0.15) is 25.7 Å². The average molecular weight is 300 g/mol. The maximum absolute atomic E-state index is 11.7. The van der Waals surface area contributed by atoms with E-state index in [2.05, 4.69) is 0 Å². The Balaban J connectivity index is 2.22. The Morgan fingerprint density at radius 2 is 1.33 bits per heavy atom. The summed E-state index contributed by atoms with van der Waals surface area (Å²) in [5.74, 6) is -2.30. The predicted molar refractivity (Wildman–Crippen MR) is 65.0 cm³/mol. The highest BCUT2D eigenvalue weighted by Gasteiger charge is 2.45. The lowest BCUT2D eigenvalue weighted by atomic mass is 10.3. The van der Waals surface area contributed by atoms with Crippen molar-refractivity contribution in [3.8, 4) is 0 Å². The minimum absolute atomic E-state index is 0.0214. The second-order valence-corrected chi connectivity index (χ2v) is 4.71. The molecule has 0 radical (unpaired) electrons. The van der Waals surface area contributed by atoms with Gasteiger partial charge in [-0.15, -0.1) is 0 Å². The molecule has 2 fully saturated rings. The van der Waals surface area contributed by atoms with E-state index in [0.29, 0.717) is 9.80 Å². The number of aliphatic hydroxyl groups is 2. The summed E-state index contributed by atoms with van der Waals surface area (Å²) in [6, 6.07) is 0. The number of rotatable bonds is 6. The number of hydrogen-bond donors (Lipinski definition) is 2. The molecule has 2 aliphatic rings. The van der Waals surface area contributed by atoms with Gasteiger partial charge in [-0.1, -0.05) is 0 Å². The summed E-state index contributed by atoms with van der Waals surface area (Å²) in [6.07, 6.45) is -3.39. The molecule has 0 spiro atoms. The predicted octanol–water partition coefficient (Wildman–Crippen LogP) is -2.06. The number of aliphatic hydroxyl groups excluding tert-OH is 2. The van der Waals surface area contributed by atoms with Crippen molar-refractivity contribution in [1.29, 1.82) is 0 Å². The van der Waals surface area contributed by atoms with E-state index in [0.717, 1.165) is 0 Å². The third-order valence-corrected chi connectivity index (χ3v) is 3.33. The van der Waals surface area contributed by atoms with Gasteiger partial charge in [0.05, 0.1) is 13.2 Å². The van der Waals surface area contributed by atoms with Crippen molar-refractivity contribution in [3.63, 3.8) is 0 Å². The molecular formula is C12H16N2O7. The van der Waals surface area contributed by atoms with Gasteiger partial charge in [0, 0.05) is 25.7 Å². The maximum Gasteiger partial charge on any atom is 0.231 e. The SMILES string of the molecule is O=C1CCC(=O)N1C(O)C(OCCO)N1C(=O)CCC1=O. The van der Waals surface area contributed by atoms with Crippen LogP contribution in [-0.2, 0) is 23.9 Å². The molecule has 0 aromatic rings. The molecule has 0 aliphatic carbocycles. The standard InChI is InChI=1S/C12H16N2O7/c15-5-6-21-12(14-9(18)3-4-10(14)19)11(20)13-7(16)1-2-8(13)17/h11-12,15,20H,1-6H2. The second-order valence-electron chi connectivity index (χ2n) is 4.71. The highest BCUT2D eigenvalue weighted by Crippen LogP contribution is 2.23. The number of nitrogens with zero attached hydrogens (tertiary/aromatic N) is 2. The first-order chi connectivity index (χ1) is 9.97. The maximum atomic E-state index is 11.7. The summed E-state index contributed by atoms with van der Waals surface area (Å²) >= 11 is 0. The number of amides is 4. The van der Waals surface area contributed by atoms with Crippen LogP contribution in [-0.4, -0.2) is 69.3 Å². The van der Waals surface area contributed by atoms with E-state index in [-0.39, 0.29) is 32.3 Å². The molecule has 0 bridgehead atoms. The molecule has 2 saturated heterocycles. The summed E-state index contributed by atoms with van der Waals surface area (Å²) in [4.78, 5) is 48.0. The zero-order valence-electron chi connectivity index (χ0n) is 11.2. The molecule has 4 amide bonds. The Morgan fingerprint density at radius 1 is 0.905 bits per heavy atom. The van der Waals surface area contributed by atoms with E-state index < -0.39 is 42.7 Å². The minimum Gasteiger partial charge on any atom is -0.394 e. The lowest BCUT2D eigenvalue weighted by Gasteiger charge is -2.33.